The molecule has 0 heterocycles. The topological polar surface area (TPSA) is 127 Å². The zero-order valence-corrected chi connectivity index (χ0v) is 5.02. The Hall–Kier alpha value is -1.14. The third-order valence-electron chi connectivity index (χ3n) is 0.957. The number of carboxylic acid groups (broad SMARTS) is 2. The van der Waals surface area contributed by atoms with Crippen molar-refractivity contribution in [2.45, 2.75) is 12.1 Å². The fraction of sp³-hybridized carbons (Fsp3) is 0.500. The minimum atomic E-state index is -1.54. The lowest BCUT2D eigenvalue weighted by atomic mass is 10.1. The van der Waals surface area contributed by atoms with E-state index >= 15 is 0 Å². The summed E-state index contributed by atoms with van der Waals surface area (Å²) >= 11 is 0. The summed E-state index contributed by atoms with van der Waals surface area (Å²) < 4.78 is 0. The van der Waals surface area contributed by atoms with Crippen molar-refractivity contribution in [3.63, 3.8) is 0 Å². The first-order valence-electron chi connectivity index (χ1n) is 2.43. The van der Waals surface area contributed by atoms with E-state index in [1.165, 1.54) is 0 Å². The Bertz CT molecular complexity index is 139. The molecule has 2 atom stereocenters. The number of nitrogens with two attached hydrogens (primary N) is 2. The van der Waals surface area contributed by atoms with Crippen LogP contribution in [0.15, 0.2) is 0 Å². The Morgan fingerprint density at radius 2 is 1.20 bits per heavy atom. The quantitative estimate of drug-likeness (QED) is 0.360. The molecular formula is C4H8N2O4. The Morgan fingerprint density at radius 1 is 1.00 bits per heavy atom. The summed E-state index contributed by atoms with van der Waals surface area (Å²) in [6.07, 6.45) is 0. The van der Waals surface area contributed by atoms with E-state index in [1.54, 1.807) is 0 Å². The van der Waals surface area contributed by atoms with Gasteiger partial charge in [0, 0.05) is 0 Å². The van der Waals surface area contributed by atoms with Crippen LogP contribution in [0.25, 0.3) is 0 Å². The second kappa shape index (κ2) is 3.14. The van der Waals surface area contributed by atoms with Crippen LogP contribution in [0, 0.1) is 0 Å². The normalized spacial score (nSPS) is 15.8. The molecule has 6 nitrogen and oxygen atoms in total. The van der Waals surface area contributed by atoms with Gasteiger partial charge in [0.25, 0.3) is 0 Å². The predicted molar refractivity (Wildman–Crippen MR) is 31.2 cm³/mol. The zero-order valence-electron chi connectivity index (χ0n) is 5.02. The summed E-state index contributed by atoms with van der Waals surface area (Å²) in [4.78, 5) is 20.0. The minimum Gasteiger partial charge on any atom is -0.480 e. The van der Waals surface area contributed by atoms with Crippen molar-refractivity contribution in [3.8, 4) is 0 Å². The molecule has 10 heavy (non-hydrogen) atoms. The second-order valence-corrected chi connectivity index (χ2v) is 1.73. The molecule has 0 aromatic rings. The van der Waals surface area contributed by atoms with Crippen LogP contribution in [0.3, 0.4) is 0 Å². The van der Waals surface area contributed by atoms with Gasteiger partial charge in [-0.3, -0.25) is 9.59 Å². The molecule has 0 aromatic heterocycles. The summed E-state index contributed by atoms with van der Waals surface area (Å²) in [6.45, 7) is 0. The molecule has 0 fully saturated rings. The van der Waals surface area contributed by atoms with E-state index < -0.39 is 24.0 Å². The monoisotopic (exact) mass is 148 g/mol. The van der Waals surface area contributed by atoms with Gasteiger partial charge in [0.05, 0.1) is 0 Å². The number of aliphatic carboxylic acids is 2. The lowest BCUT2D eigenvalue weighted by Crippen LogP contribution is -2.51. The molecule has 6 heteroatoms. The van der Waals surface area contributed by atoms with Gasteiger partial charge in [-0.1, -0.05) is 0 Å². The van der Waals surface area contributed by atoms with Crippen molar-refractivity contribution >= 4 is 11.9 Å². The maximum Gasteiger partial charge on any atom is 0.322 e. The molecule has 6 N–H and O–H groups in total. The highest BCUT2D eigenvalue weighted by molar-refractivity contribution is 5.84. The summed E-state index contributed by atoms with van der Waals surface area (Å²) in [7, 11) is 0. The zero-order chi connectivity index (χ0) is 8.31. The maximum atomic E-state index is 9.98. The molecule has 0 aliphatic carbocycles. The first kappa shape index (κ1) is 8.86. The van der Waals surface area contributed by atoms with Gasteiger partial charge in [0.15, 0.2) is 0 Å². The summed E-state index contributed by atoms with van der Waals surface area (Å²) in [5.74, 6) is -2.84. The summed E-state index contributed by atoms with van der Waals surface area (Å²) in [6, 6.07) is -3.09. The van der Waals surface area contributed by atoms with Crippen LogP contribution < -0.4 is 11.5 Å². The smallest absolute Gasteiger partial charge is 0.322 e. The molecule has 0 aliphatic rings. The molecule has 0 saturated carbocycles. The predicted octanol–water partition coefficient (Wildman–Crippen LogP) is -2.19. The van der Waals surface area contributed by atoms with Crippen molar-refractivity contribution in [1.82, 2.24) is 0 Å². The molecule has 58 valence electrons. The summed E-state index contributed by atoms with van der Waals surface area (Å²) in [5, 5.41) is 16.3. The molecule has 0 spiro atoms. The Labute approximate surface area is 56.4 Å². The minimum absolute atomic E-state index is 1.42. The highest BCUT2D eigenvalue weighted by Gasteiger charge is 2.26. The van der Waals surface area contributed by atoms with Crippen LogP contribution in [0.5, 0.6) is 0 Å². The number of rotatable bonds is 3. The molecule has 0 aliphatic heterocycles. The lowest BCUT2D eigenvalue weighted by Gasteiger charge is -2.09. The average molecular weight is 148 g/mol. The Balaban J connectivity index is 4.07. The van der Waals surface area contributed by atoms with Crippen LogP contribution in [0.1, 0.15) is 0 Å². The fourth-order valence-corrected chi connectivity index (χ4v) is 0.307. The molecule has 1 unspecified atom stereocenters. The Kier molecular flexibility index (Phi) is 2.78. The highest BCUT2D eigenvalue weighted by atomic mass is 16.4. The van der Waals surface area contributed by atoms with Gasteiger partial charge < -0.3 is 21.7 Å². The molecule has 0 saturated heterocycles. The van der Waals surface area contributed by atoms with Crippen LogP contribution in [-0.4, -0.2) is 34.2 Å². The van der Waals surface area contributed by atoms with Crippen LogP contribution >= 0.6 is 0 Å². The SMILES string of the molecule is NC(C(=O)O)[C@@H](N)C(=O)O. The van der Waals surface area contributed by atoms with Crippen molar-refractivity contribution in [2.75, 3.05) is 0 Å². The number of carbonyl (C=O) groups is 2. The number of hydrogen-bond donors (Lipinski definition) is 4. The van der Waals surface area contributed by atoms with Crippen LogP contribution in [0.4, 0.5) is 0 Å². The molecule has 0 radical (unpaired) electrons. The van der Waals surface area contributed by atoms with Crippen molar-refractivity contribution in [1.29, 1.82) is 0 Å². The third kappa shape index (κ3) is 2.00. The number of hydrogen-bond acceptors (Lipinski definition) is 4. The van der Waals surface area contributed by atoms with Crippen LogP contribution in [-0.2, 0) is 9.59 Å². The average Bonchev–Trinajstić information content (AvgIpc) is 1.84. The first-order valence-corrected chi connectivity index (χ1v) is 2.43. The van der Waals surface area contributed by atoms with Gasteiger partial charge in [0.2, 0.25) is 0 Å². The first-order chi connectivity index (χ1) is 4.46. The van der Waals surface area contributed by atoms with Crippen LogP contribution in [0.2, 0.25) is 0 Å². The molecule has 0 rings (SSSR count). The van der Waals surface area contributed by atoms with E-state index in [1.807, 2.05) is 0 Å². The number of carboxylic acids is 2. The molecular weight excluding hydrogens is 140 g/mol. The second-order valence-electron chi connectivity index (χ2n) is 1.73. The summed E-state index contributed by atoms with van der Waals surface area (Å²) in [5.41, 5.74) is 9.71. The van der Waals surface area contributed by atoms with Crippen molar-refractivity contribution in [3.05, 3.63) is 0 Å². The lowest BCUT2D eigenvalue weighted by molar-refractivity contribution is -0.146. The van der Waals surface area contributed by atoms with Gasteiger partial charge >= 0.3 is 11.9 Å². The van der Waals surface area contributed by atoms with E-state index in [-0.39, 0.29) is 0 Å². The van der Waals surface area contributed by atoms with Gasteiger partial charge in [-0.2, -0.15) is 0 Å². The van der Waals surface area contributed by atoms with E-state index in [0.29, 0.717) is 0 Å². The third-order valence-corrected chi connectivity index (χ3v) is 0.957. The largest absolute Gasteiger partial charge is 0.480 e. The standard InChI is InChI=1S/C4H8N2O4/c5-1(3(7)8)2(6)4(9)10/h1-2H,5-6H2,(H,7,8)(H,9,10)/t1-,2?/m1/s1. The van der Waals surface area contributed by atoms with E-state index in [9.17, 15) is 9.59 Å². The van der Waals surface area contributed by atoms with E-state index in [2.05, 4.69) is 0 Å². The van der Waals surface area contributed by atoms with Crippen molar-refractivity contribution in [2.24, 2.45) is 11.5 Å². The van der Waals surface area contributed by atoms with Gasteiger partial charge in [0.1, 0.15) is 12.1 Å². The van der Waals surface area contributed by atoms with E-state index in [4.69, 9.17) is 21.7 Å². The highest BCUT2D eigenvalue weighted by Crippen LogP contribution is 1.86. The van der Waals surface area contributed by atoms with Gasteiger partial charge in [-0.05, 0) is 0 Å². The van der Waals surface area contributed by atoms with Crippen molar-refractivity contribution < 1.29 is 19.8 Å². The molecule has 0 bridgehead atoms. The molecule has 0 aromatic carbocycles. The van der Waals surface area contributed by atoms with E-state index in [0.717, 1.165) is 0 Å². The van der Waals surface area contributed by atoms with Gasteiger partial charge in [-0.25, -0.2) is 0 Å². The fourth-order valence-electron chi connectivity index (χ4n) is 0.307. The Morgan fingerprint density at radius 3 is 1.30 bits per heavy atom. The van der Waals surface area contributed by atoms with Gasteiger partial charge in [-0.15, -0.1) is 0 Å². The molecule has 0 amide bonds. The maximum absolute atomic E-state index is 9.98.